The third-order valence-electron chi connectivity index (χ3n) is 4.48. The van der Waals surface area contributed by atoms with Crippen LogP contribution in [0.1, 0.15) is 0 Å². The van der Waals surface area contributed by atoms with E-state index in [0.29, 0.717) is 50.5 Å². The molecule has 0 aromatic heterocycles. The molecule has 0 bridgehead atoms. The van der Waals surface area contributed by atoms with Gasteiger partial charge in [-0.1, -0.05) is 36.4 Å². The average Bonchev–Trinajstić information content (AvgIpc) is 2.69. The molecular weight excluding hydrogens is 340 g/mol. The van der Waals surface area contributed by atoms with Crippen LogP contribution < -0.4 is 15.9 Å². The van der Waals surface area contributed by atoms with E-state index in [2.05, 4.69) is 0 Å². The summed E-state index contributed by atoms with van der Waals surface area (Å²) in [5.74, 6) is 1.45. The zero-order valence-corrected chi connectivity index (χ0v) is 14.2. The number of ether oxygens (including phenoxy) is 1. The van der Waals surface area contributed by atoms with E-state index in [0.717, 1.165) is 0 Å². The van der Waals surface area contributed by atoms with Gasteiger partial charge < -0.3 is 14.9 Å². The van der Waals surface area contributed by atoms with E-state index in [-0.39, 0.29) is 5.43 Å². The zero-order valence-electron chi connectivity index (χ0n) is 14.2. The van der Waals surface area contributed by atoms with Gasteiger partial charge in [-0.3, -0.25) is 4.79 Å². The van der Waals surface area contributed by atoms with Crippen molar-refractivity contribution < 1.29 is 9.15 Å². The molecule has 0 atom stereocenters. The largest absolute Gasteiger partial charge is 0.454 e. The first kappa shape index (κ1) is 15.4. The van der Waals surface area contributed by atoms with Crippen molar-refractivity contribution in [3.63, 3.8) is 0 Å². The summed E-state index contributed by atoms with van der Waals surface area (Å²) in [7, 11) is 0. The lowest BCUT2D eigenvalue weighted by atomic mass is 10.0. The number of benzene rings is 4. The minimum Gasteiger partial charge on any atom is -0.454 e. The van der Waals surface area contributed by atoms with Crippen molar-refractivity contribution in [3.05, 3.63) is 83.0 Å². The Labute approximate surface area is 154 Å². The molecule has 0 saturated carbocycles. The Bertz CT molecular complexity index is 1340. The summed E-state index contributed by atoms with van der Waals surface area (Å²) in [5.41, 5.74) is 8.28. The molecule has 130 valence electrons. The van der Waals surface area contributed by atoms with Crippen molar-refractivity contribution in [1.29, 1.82) is 0 Å². The number of nitrogens with two attached hydrogens (primary N) is 1. The van der Waals surface area contributed by atoms with Gasteiger partial charge in [0.25, 0.3) is 0 Å². The van der Waals surface area contributed by atoms with E-state index in [1.807, 2.05) is 36.4 Å². The summed E-state index contributed by atoms with van der Waals surface area (Å²) in [6, 6.07) is 21.5. The highest BCUT2D eigenvalue weighted by atomic mass is 16.5. The van der Waals surface area contributed by atoms with E-state index in [9.17, 15) is 4.79 Å². The molecule has 1 aliphatic carbocycles. The first-order valence-electron chi connectivity index (χ1n) is 8.48. The van der Waals surface area contributed by atoms with Gasteiger partial charge in [0.05, 0.1) is 11.1 Å². The van der Waals surface area contributed by atoms with Gasteiger partial charge in [-0.2, -0.15) is 0 Å². The topological polar surface area (TPSA) is 78.4 Å². The minimum absolute atomic E-state index is 0.148. The monoisotopic (exact) mass is 354 g/mol. The highest BCUT2D eigenvalue weighted by Crippen LogP contribution is 2.38. The van der Waals surface area contributed by atoms with Crippen LogP contribution in [0.4, 0.5) is 5.69 Å². The van der Waals surface area contributed by atoms with Crippen LogP contribution in [0.15, 0.2) is 82.0 Å². The molecule has 3 aromatic carbocycles. The van der Waals surface area contributed by atoms with Crippen LogP contribution >= 0.6 is 0 Å². The first-order chi connectivity index (χ1) is 13.2. The molecule has 5 nitrogen and oxygen atoms in total. The quantitative estimate of drug-likeness (QED) is 0.279. The van der Waals surface area contributed by atoms with Crippen molar-refractivity contribution in [3.8, 4) is 23.0 Å². The van der Waals surface area contributed by atoms with Crippen LogP contribution in [0.5, 0.6) is 11.5 Å². The summed E-state index contributed by atoms with van der Waals surface area (Å²) in [4.78, 5) is 17.4. The highest BCUT2D eigenvalue weighted by Gasteiger charge is 2.19. The fraction of sp³-hybridized carbons (Fsp3) is 0. The number of aromatic nitrogens is 1. The molecule has 0 spiro atoms. The molecule has 1 heterocycles. The van der Waals surface area contributed by atoms with E-state index in [1.165, 1.54) is 6.07 Å². The van der Waals surface area contributed by atoms with Crippen LogP contribution in [0, 0.1) is 0 Å². The van der Waals surface area contributed by atoms with Crippen LogP contribution in [-0.4, -0.2) is 4.98 Å². The number of fused-ring (bicyclic) bond motifs is 4. The zero-order chi connectivity index (χ0) is 18.4. The Morgan fingerprint density at radius 2 is 1.67 bits per heavy atom. The molecule has 1 aliphatic heterocycles. The van der Waals surface area contributed by atoms with Gasteiger partial charge in [0.15, 0.2) is 16.8 Å². The first-order valence-corrected chi connectivity index (χ1v) is 8.48. The van der Waals surface area contributed by atoms with Gasteiger partial charge in [-0.25, -0.2) is 4.98 Å². The fourth-order valence-electron chi connectivity index (χ4n) is 3.21. The number of anilines is 1. The molecule has 3 aromatic rings. The Balaban J connectivity index is 1.85. The molecule has 27 heavy (non-hydrogen) atoms. The highest BCUT2D eigenvalue weighted by molar-refractivity contribution is 6.00. The van der Waals surface area contributed by atoms with Crippen molar-refractivity contribution in [1.82, 2.24) is 4.98 Å². The van der Waals surface area contributed by atoms with Gasteiger partial charge in [0.2, 0.25) is 0 Å². The van der Waals surface area contributed by atoms with Crippen LogP contribution in [-0.2, 0) is 0 Å². The lowest BCUT2D eigenvalue weighted by Gasteiger charge is -2.14. The molecule has 0 saturated heterocycles. The smallest absolute Gasteiger partial charge is 0.190 e. The van der Waals surface area contributed by atoms with E-state index in [4.69, 9.17) is 19.9 Å². The molecule has 2 N–H and O–H groups in total. The maximum Gasteiger partial charge on any atom is 0.190 e. The second kappa shape index (κ2) is 5.85. The molecule has 5 heteroatoms. The number of para-hydroxylation sites is 4. The summed E-state index contributed by atoms with van der Waals surface area (Å²) in [5, 5.41) is 1.13. The third kappa shape index (κ3) is 2.48. The maximum absolute atomic E-state index is 12.6. The summed E-state index contributed by atoms with van der Waals surface area (Å²) >= 11 is 0. The number of hydrogen-bond acceptors (Lipinski definition) is 5. The second-order valence-electron chi connectivity index (χ2n) is 6.22. The Morgan fingerprint density at radius 3 is 2.56 bits per heavy atom. The van der Waals surface area contributed by atoms with Crippen molar-refractivity contribution in [2.24, 2.45) is 0 Å². The third-order valence-corrected chi connectivity index (χ3v) is 4.48. The van der Waals surface area contributed by atoms with E-state index >= 15 is 0 Å². The molecule has 0 amide bonds. The lowest BCUT2D eigenvalue weighted by Crippen LogP contribution is -2.05. The van der Waals surface area contributed by atoms with Crippen LogP contribution in [0.25, 0.3) is 33.3 Å². The normalized spacial score (nSPS) is 11.3. The van der Waals surface area contributed by atoms with E-state index in [1.54, 1.807) is 30.3 Å². The standard InChI is InChI=1S/C22H14N2O3/c23-14-7-1-3-9-17(14)26-19-11-5-6-13-16(25)12-20-22(21(13)19)24-15-8-2-4-10-18(15)27-20/h1-12H,23H2. The molecule has 0 radical (unpaired) electrons. The number of nitrogens with zero attached hydrogens (tertiary/aromatic N) is 1. The number of nitrogen functional groups attached to an aromatic ring is 1. The van der Waals surface area contributed by atoms with E-state index < -0.39 is 0 Å². The van der Waals surface area contributed by atoms with Crippen LogP contribution in [0.2, 0.25) is 0 Å². The molecule has 0 fully saturated rings. The number of hydrogen-bond donors (Lipinski definition) is 1. The minimum atomic E-state index is -0.148. The Kier molecular flexibility index (Phi) is 3.33. The van der Waals surface area contributed by atoms with Crippen molar-refractivity contribution in [2.75, 3.05) is 5.73 Å². The summed E-state index contributed by atoms with van der Waals surface area (Å²) in [6.45, 7) is 0. The molecule has 2 aliphatic rings. The molecular formula is C22H14N2O3. The maximum atomic E-state index is 12.6. The van der Waals surface area contributed by atoms with Gasteiger partial charge in [-0.15, -0.1) is 0 Å². The predicted octanol–water partition coefficient (Wildman–Crippen LogP) is 4.82. The van der Waals surface area contributed by atoms with Crippen molar-refractivity contribution in [2.45, 2.75) is 0 Å². The van der Waals surface area contributed by atoms with Gasteiger partial charge in [-0.05, 0) is 30.3 Å². The van der Waals surface area contributed by atoms with Crippen LogP contribution in [0.3, 0.4) is 0 Å². The Morgan fingerprint density at radius 1 is 0.889 bits per heavy atom. The Hall–Kier alpha value is -3.86. The molecule has 0 unspecified atom stereocenters. The average molecular weight is 354 g/mol. The van der Waals surface area contributed by atoms with Gasteiger partial charge in [0, 0.05) is 11.5 Å². The van der Waals surface area contributed by atoms with Crippen molar-refractivity contribution >= 4 is 27.6 Å². The second-order valence-corrected chi connectivity index (χ2v) is 6.22. The SMILES string of the molecule is Nc1ccccc1Oc1cccc2c(=O)cc3oc4ccccc4nc-3c12. The molecule has 5 rings (SSSR count). The predicted molar refractivity (Wildman–Crippen MR) is 105 cm³/mol. The summed E-state index contributed by atoms with van der Waals surface area (Å²) < 4.78 is 12.0. The lowest BCUT2D eigenvalue weighted by molar-refractivity contribution is 0.490. The number of rotatable bonds is 2. The summed E-state index contributed by atoms with van der Waals surface area (Å²) in [6.07, 6.45) is 0. The van der Waals surface area contributed by atoms with Gasteiger partial charge in [0.1, 0.15) is 22.7 Å². The fourth-order valence-corrected chi connectivity index (χ4v) is 3.21. The van der Waals surface area contributed by atoms with Gasteiger partial charge >= 0.3 is 0 Å².